The van der Waals surface area contributed by atoms with Crippen LogP contribution in [0.5, 0.6) is 5.75 Å². The van der Waals surface area contributed by atoms with E-state index in [2.05, 4.69) is 0 Å². The fraction of sp³-hybridized carbons (Fsp3) is 0.0714. The predicted octanol–water partition coefficient (Wildman–Crippen LogP) is 3.04. The van der Waals surface area contributed by atoms with E-state index < -0.39 is 0 Å². The Kier molecular flexibility index (Phi) is 3.89. The molecule has 0 atom stereocenters. The lowest BCUT2D eigenvalue weighted by Crippen LogP contribution is -2.14. The van der Waals surface area contributed by atoms with Crippen LogP contribution in [0.2, 0.25) is 0 Å². The summed E-state index contributed by atoms with van der Waals surface area (Å²) >= 11 is 4.90. The van der Waals surface area contributed by atoms with Crippen molar-refractivity contribution >= 4 is 17.2 Å². The van der Waals surface area contributed by atoms with Crippen molar-refractivity contribution in [3.8, 4) is 5.75 Å². The van der Waals surface area contributed by atoms with Crippen molar-refractivity contribution in [2.24, 2.45) is 5.73 Å². The van der Waals surface area contributed by atoms with E-state index in [9.17, 15) is 4.39 Å². The van der Waals surface area contributed by atoms with Crippen molar-refractivity contribution in [2.75, 3.05) is 0 Å². The number of hydrogen-bond acceptors (Lipinski definition) is 2. The number of nitrogens with two attached hydrogens (primary N) is 1. The average molecular weight is 261 g/mol. The first-order chi connectivity index (χ1) is 8.66. The minimum absolute atomic E-state index is 0.168. The molecule has 0 bridgehead atoms. The van der Waals surface area contributed by atoms with Crippen LogP contribution >= 0.6 is 12.2 Å². The second-order valence-corrected chi connectivity index (χ2v) is 4.21. The van der Waals surface area contributed by atoms with Gasteiger partial charge in [0.2, 0.25) is 0 Å². The first-order valence-corrected chi connectivity index (χ1v) is 5.84. The second kappa shape index (κ2) is 5.60. The van der Waals surface area contributed by atoms with Gasteiger partial charge in [-0.3, -0.25) is 0 Å². The van der Waals surface area contributed by atoms with E-state index in [1.54, 1.807) is 6.07 Å². The van der Waals surface area contributed by atoms with Gasteiger partial charge < -0.3 is 10.5 Å². The van der Waals surface area contributed by atoms with Gasteiger partial charge in [0.15, 0.2) is 0 Å². The summed E-state index contributed by atoms with van der Waals surface area (Å²) in [6.45, 7) is 0.303. The molecule has 2 N–H and O–H groups in total. The quantitative estimate of drug-likeness (QED) is 0.859. The van der Waals surface area contributed by atoms with E-state index in [-0.39, 0.29) is 10.8 Å². The third-order valence-electron chi connectivity index (χ3n) is 2.47. The highest BCUT2D eigenvalue weighted by atomic mass is 32.1. The minimum Gasteiger partial charge on any atom is -0.489 e. The van der Waals surface area contributed by atoms with Crippen molar-refractivity contribution in [3.63, 3.8) is 0 Å². The molecule has 2 aromatic rings. The van der Waals surface area contributed by atoms with Crippen LogP contribution in [-0.2, 0) is 6.61 Å². The van der Waals surface area contributed by atoms with Gasteiger partial charge >= 0.3 is 0 Å². The lowest BCUT2D eigenvalue weighted by atomic mass is 10.1. The van der Waals surface area contributed by atoms with Gasteiger partial charge in [0.05, 0.1) is 0 Å². The van der Waals surface area contributed by atoms with Gasteiger partial charge in [-0.05, 0) is 29.8 Å². The maximum Gasteiger partial charge on any atom is 0.123 e. The van der Waals surface area contributed by atoms with Gasteiger partial charge in [-0.2, -0.15) is 0 Å². The van der Waals surface area contributed by atoms with Crippen LogP contribution < -0.4 is 10.5 Å². The summed E-state index contributed by atoms with van der Waals surface area (Å²) in [7, 11) is 0. The van der Waals surface area contributed by atoms with Crippen LogP contribution in [0.15, 0.2) is 48.5 Å². The molecule has 2 aromatic carbocycles. The summed E-state index contributed by atoms with van der Waals surface area (Å²) in [5, 5.41) is 0. The summed E-state index contributed by atoms with van der Waals surface area (Å²) in [5.41, 5.74) is 6.85. The standard InChI is InChI=1S/C14H12FNOS/c15-11-7-6-10(13(8-11)14(16)18)9-17-12-4-2-1-3-5-12/h1-8H,9H2,(H2,16,18). The number of para-hydroxylation sites is 1. The molecule has 0 spiro atoms. The van der Waals surface area contributed by atoms with E-state index in [4.69, 9.17) is 22.7 Å². The monoisotopic (exact) mass is 261 g/mol. The summed E-state index contributed by atoms with van der Waals surface area (Å²) in [6, 6.07) is 13.7. The number of benzene rings is 2. The molecule has 0 saturated carbocycles. The number of ether oxygens (including phenoxy) is 1. The number of thiocarbonyl (C=S) groups is 1. The first kappa shape index (κ1) is 12.5. The van der Waals surface area contributed by atoms with E-state index in [1.165, 1.54) is 12.1 Å². The lowest BCUT2D eigenvalue weighted by Gasteiger charge is -2.10. The van der Waals surface area contributed by atoms with Gasteiger partial charge in [-0.15, -0.1) is 0 Å². The summed E-state index contributed by atoms with van der Waals surface area (Å²) in [6.07, 6.45) is 0. The Morgan fingerprint density at radius 1 is 1.17 bits per heavy atom. The van der Waals surface area contributed by atoms with Crippen LogP contribution in [0.4, 0.5) is 4.39 Å². The lowest BCUT2D eigenvalue weighted by molar-refractivity contribution is 0.306. The predicted molar refractivity (Wildman–Crippen MR) is 73.1 cm³/mol. The van der Waals surface area contributed by atoms with Crippen molar-refractivity contribution < 1.29 is 9.13 Å². The molecule has 0 unspecified atom stereocenters. The normalized spacial score (nSPS) is 10.1. The van der Waals surface area contributed by atoms with Gasteiger partial charge in [-0.1, -0.05) is 36.5 Å². The number of halogens is 1. The molecule has 0 aromatic heterocycles. The molecule has 0 fully saturated rings. The van der Waals surface area contributed by atoms with Gasteiger partial charge in [-0.25, -0.2) is 4.39 Å². The fourth-order valence-corrected chi connectivity index (χ4v) is 1.77. The molecule has 0 aliphatic carbocycles. The first-order valence-electron chi connectivity index (χ1n) is 5.43. The molecular weight excluding hydrogens is 249 g/mol. The summed E-state index contributed by atoms with van der Waals surface area (Å²) in [4.78, 5) is 0.168. The smallest absolute Gasteiger partial charge is 0.123 e. The largest absolute Gasteiger partial charge is 0.489 e. The second-order valence-electron chi connectivity index (χ2n) is 3.77. The number of rotatable bonds is 4. The van der Waals surface area contributed by atoms with Crippen LogP contribution in [0, 0.1) is 5.82 Å². The fourth-order valence-electron chi connectivity index (χ4n) is 1.58. The molecule has 92 valence electrons. The van der Waals surface area contributed by atoms with Crippen molar-refractivity contribution in [1.29, 1.82) is 0 Å². The van der Waals surface area contributed by atoms with E-state index in [0.29, 0.717) is 12.2 Å². The Balaban J connectivity index is 2.17. The van der Waals surface area contributed by atoms with Gasteiger partial charge in [0.25, 0.3) is 0 Å². The Hall–Kier alpha value is -1.94. The molecule has 0 saturated heterocycles. The van der Waals surface area contributed by atoms with E-state index in [1.807, 2.05) is 30.3 Å². The highest BCUT2D eigenvalue weighted by Gasteiger charge is 2.07. The molecule has 0 amide bonds. The average Bonchev–Trinajstić information content (AvgIpc) is 2.38. The zero-order valence-electron chi connectivity index (χ0n) is 9.60. The summed E-state index contributed by atoms with van der Waals surface area (Å²) in [5.74, 6) is 0.386. The zero-order valence-corrected chi connectivity index (χ0v) is 10.4. The van der Waals surface area contributed by atoms with E-state index >= 15 is 0 Å². The van der Waals surface area contributed by atoms with Crippen LogP contribution in [-0.4, -0.2) is 4.99 Å². The van der Waals surface area contributed by atoms with Crippen molar-refractivity contribution in [2.45, 2.75) is 6.61 Å². The third kappa shape index (κ3) is 3.05. The molecule has 2 nitrogen and oxygen atoms in total. The van der Waals surface area contributed by atoms with Crippen LogP contribution in [0.25, 0.3) is 0 Å². The van der Waals surface area contributed by atoms with Gasteiger partial charge in [0.1, 0.15) is 23.2 Å². The molecule has 0 radical (unpaired) electrons. The molecule has 0 heterocycles. The van der Waals surface area contributed by atoms with Crippen molar-refractivity contribution in [1.82, 2.24) is 0 Å². The van der Waals surface area contributed by atoms with Crippen LogP contribution in [0.3, 0.4) is 0 Å². The third-order valence-corrected chi connectivity index (χ3v) is 2.69. The molecule has 0 aliphatic heterocycles. The van der Waals surface area contributed by atoms with Crippen molar-refractivity contribution in [3.05, 3.63) is 65.5 Å². The maximum atomic E-state index is 13.1. The molecule has 18 heavy (non-hydrogen) atoms. The van der Waals surface area contributed by atoms with E-state index in [0.717, 1.165) is 11.3 Å². The Morgan fingerprint density at radius 2 is 1.89 bits per heavy atom. The highest BCUT2D eigenvalue weighted by molar-refractivity contribution is 7.80. The zero-order chi connectivity index (χ0) is 13.0. The molecular formula is C14H12FNOS. The maximum absolute atomic E-state index is 13.1. The Labute approximate surface area is 110 Å². The SMILES string of the molecule is NC(=S)c1cc(F)ccc1COc1ccccc1. The minimum atomic E-state index is -0.360. The number of hydrogen-bond donors (Lipinski definition) is 1. The summed E-state index contributed by atoms with van der Waals surface area (Å²) < 4.78 is 18.7. The molecule has 2 rings (SSSR count). The Bertz CT molecular complexity index is 557. The molecule has 0 aliphatic rings. The van der Waals surface area contributed by atoms with Gasteiger partial charge in [0, 0.05) is 5.56 Å². The van der Waals surface area contributed by atoms with Crippen LogP contribution in [0.1, 0.15) is 11.1 Å². The topological polar surface area (TPSA) is 35.2 Å². The molecule has 4 heteroatoms. The Morgan fingerprint density at radius 3 is 2.56 bits per heavy atom. The highest BCUT2D eigenvalue weighted by Crippen LogP contribution is 2.16.